The molecule has 0 atom stereocenters. The Kier molecular flexibility index (Phi) is 7.58. The van der Waals surface area contributed by atoms with Gasteiger partial charge in [0.15, 0.2) is 0 Å². The summed E-state index contributed by atoms with van der Waals surface area (Å²) in [6.07, 6.45) is 10.7. The number of ether oxygens (including phenoxy) is 1. The third-order valence-electron chi connectivity index (χ3n) is 5.05. The molecule has 154 valence electrons. The van der Waals surface area contributed by atoms with Crippen LogP contribution in [0, 0.1) is 13.8 Å². The number of benzene rings is 1. The Morgan fingerprint density at radius 1 is 1.10 bits per heavy atom. The standard InChI is InChI=1S/C23H29N3O2S/c1-4-5-6-7-8-9-14-28-20-12-10-19(11-13-20)15-25-26-16-24-22-21(23(26)27)17(2)18(3)29-22/h10-13,15-16H,4-9,14H2,1-3H3/b25-15+. The minimum absolute atomic E-state index is 0.132. The van der Waals surface area contributed by atoms with E-state index in [0.717, 1.165) is 39.6 Å². The number of unbranched alkanes of at least 4 members (excludes halogenated alkanes) is 5. The third kappa shape index (κ3) is 5.54. The lowest BCUT2D eigenvalue weighted by atomic mass is 10.1. The molecule has 5 nitrogen and oxygen atoms in total. The lowest BCUT2D eigenvalue weighted by molar-refractivity contribution is 0.304. The van der Waals surface area contributed by atoms with Gasteiger partial charge in [-0.05, 0) is 55.7 Å². The van der Waals surface area contributed by atoms with Crippen LogP contribution in [0.3, 0.4) is 0 Å². The van der Waals surface area contributed by atoms with Crippen molar-refractivity contribution in [3.63, 3.8) is 0 Å². The molecule has 0 bridgehead atoms. The Balaban J connectivity index is 1.56. The summed E-state index contributed by atoms with van der Waals surface area (Å²) in [5.74, 6) is 0.861. The van der Waals surface area contributed by atoms with E-state index >= 15 is 0 Å². The fourth-order valence-electron chi connectivity index (χ4n) is 3.16. The summed E-state index contributed by atoms with van der Waals surface area (Å²) in [6, 6.07) is 7.76. The van der Waals surface area contributed by atoms with E-state index in [4.69, 9.17) is 4.74 Å². The molecule has 3 aromatic rings. The number of nitrogens with zero attached hydrogens (tertiary/aromatic N) is 3. The molecule has 0 saturated heterocycles. The summed E-state index contributed by atoms with van der Waals surface area (Å²) in [6.45, 7) is 6.94. The van der Waals surface area contributed by atoms with Crippen LogP contribution < -0.4 is 10.3 Å². The SMILES string of the molecule is CCCCCCCCOc1ccc(/C=N/n2cnc3sc(C)c(C)c3c2=O)cc1. The topological polar surface area (TPSA) is 56.5 Å². The number of hydrogen-bond donors (Lipinski definition) is 0. The van der Waals surface area contributed by atoms with Crippen LogP contribution in [0.1, 0.15) is 61.5 Å². The second-order valence-electron chi connectivity index (χ2n) is 7.29. The quantitative estimate of drug-likeness (QED) is 0.318. The van der Waals surface area contributed by atoms with Crippen molar-refractivity contribution in [3.8, 4) is 5.75 Å². The van der Waals surface area contributed by atoms with Crippen LogP contribution >= 0.6 is 11.3 Å². The fourth-order valence-corrected chi connectivity index (χ4v) is 4.15. The van der Waals surface area contributed by atoms with Gasteiger partial charge in [0.05, 0.1) is 18.2 Å². The van der Waals surface area contributed by atoms with Crippen LogP contribution in [0.5, 0.6) is 5.75 Å². The molecule has 0 N–H and O–H groups in total. The maximum absolute atomic E-state index is 12.7. The molecular weight excluding hydrogens is 382 g/mol. The van der Waals surface area contributed by atoms with Crippen LogP contribution in [0.25, 0.3) is 10.2 Å². The molecule has 0 spiro atoms. The van der Waals surface area contributed by atoms with Crippen molar-refractivity contribution in [2.24, 2.45) is 5.10 Å². The second kappa shape index (κ2) is 10.3. The van der Waals surface area contributed by atoms with E-state index in [1.165, 1.54) is 43.1 Å². The van der Waals surface area contributed by atoms with Gasteiger partial charge in [-0.2, -0.15) is 9.78 Å². The highest BCUT2D eigenvalue weighted by atomic mass is 32.1. The monoisotopic (exact) mass is 411 g/mol. The Labute approximate surface area is 176 Å². The van der Waals surface area contributed by atoms with Gasteiger partial charge in [-0.3, -0.25) is 4.79 Å². The summed E-state index contributed by atoms with van der Waals surface area (Å²) in [5, 5.41) is 4.96. The highest BCUT2D eigenvalue weighted by Gasteiger charge is 2.11. The number of hydrogen-bond acceptors (Lipinski definition) is 5. The number of aryl methyl sites for hydroxylation is 2. The van der Waals surface area contributed by atoms with Crippen LogP contribution in [0.15, 0.2) is 40.5 Å². The zero-order valence-electron chi connectivity index (χ0n) is 17.5. The first-order valence-corrected chi connectivity index (χ1v) is 11.2. The average Bonchev–Trinajstić information content (AvgIpc) is 3.02. The van der Waals surface area contributed by atoms with Gasteiger partial charge in [0.2, 0.25) is 0 Å². The minimum atomic E-state index is -0.132. The molecule has 0 amide bonds. The molecule has 1 aromatic carbocycles. The molecule has 3 rings (SSSR count). The van der Waals surface area contributed by atoms with E-state index in [2.05, 4.69) is 17.0 Å². The molecule has 29 heavy (non-hydrogen) atoms. The van der Waals surface area contributed by atoms with Crippen molar-refractivity contribution >= 4 is 27.8 Å². The first-order valence-electron chi connectivity index (χ1n) is 10.3. The lowest BCUT2D eigenvalue weighted by Gasteiger charge is -2.06. The molecule has 0 saturated carbocycles. The molecule has 2 heterocycles. The van der Waals surface area contributed by atoms with Gasteiger partial charge in [0.25, 0.3) is 5.56 Å². The Morgan fingerprint density at radius 3 is 2.59 bits per heavy atom. The molecule has 2 aromatic heterocycles. The van der Waals surface area contributed by atoms with Gasteiger partial charge in [-0.1, -0.05) is 39.0 Å². The minimum Gasteiger partial charge on any atom is -0.494 e. The number of aromatic nitrogens is 2. The third-order valence-corrected chi connectivity index (χ3v) is 6.17. The Hall–Kier alpha value is -2.47. The predicted octanol–water partition coefficient (Wildman–Crippen LogP) is 5.70. The zero-order chi connectivity index (χ0) is 20.6. The number of thiophene rings is 1. The first-order chi connectivity index (χ1) is 14.1. The van der Waals surface area contributed by atoms with Gasteiger partial charge in [0.1, 0.15) is 16.9 Å². The van der Waals surface area contributed by atoms with Crippen molar-refractivity contribution in [1.82, 2.24) is 9.66 Å². The first kappa shape index (κ1) is 21.2. The molecule has 6 heteroatoms. The lowest BCUT2D eigenvalue weighted by Crippen LogP contribution is -2.16. The van der Waals surface area contributed by atoms with E-state index in [-0.39, 0.29) is 5.56 Å². The second-order valence-corrected chi connectivity index (χ2v) is 8.49. The summed E-state index contributed by atoms with van der Waals surface area (Å²) in [4.78, 5) is 18.9. The summed E-state index contributed by atoms with van der Waals surface area (Å²) < 4.78 is 7.10. The van der Waals surface area contributed by atoms with Crippen molar-refractivity contribution in [2.75, 3.05) is 6.61 Å². The number of fused-ring (bicyclic) bond motifs is 1. The average molecular weight is 412 g/mol. The van der Waals surface area contributed by atoms with Gasteiger partial charge in [-0.15, -0.1) is 11.3 Å². The van der Waals surface area contributed by atoms with Crippen molar-refractivity contribution < 1.29 is 4.74 Å². The van der Waals surface area contributed by atoms with Gasteiger partial charge in [-0.25, -0.2) is 4.98 Å². The van der Waals surface area contributed by atoms with Gasteiger partial charge < -0.3 is 4.74 Å². The molecule has 0 aliphatic rings. The van der Waals surface area contributed by atoms with E-state index in [9.17, 15) is 4.79 Å². The van der Waals surface area contributed by atoms with E-state index in [0.29, 0.717) is 5.39 Å². The predicted molar refractivity (Wildman–Crippen MR) is 122 cm³/mol. The Bertz CT molecular complexity index is 1020. The molecule has 0 radical (unpaired) electrons. The normalized spacial score (nSPS) is 11.6. The summed E-state index contributed by atoms with van der Waals surface area (Å²) in [7, 11) is 0. The zero-order valence-corrected chi connectivity index (χ0v) is 18.3. The Morgan fingerprint density at radius 2 is 1.83 bits per heavy atom. The molecule has 0 aliphatic heterocycles. The highest BCUT2D eigenvalue weighted by molar-refractivity contribution is 7.18. The maximum Gasteiger partial charge on any atom is 0.282 e. The van der Waals surface area contributed by atoms with Crippen LogP contribution in [-0.2, 0) is 0 Å². The van der Waals surface area contributed by atoms with Gasteiger partial charge in [0, 0.05) is 4.88 Å². The van der Waals surface area contributed by atoms with Crippen molar-refractivity contribution in [1.29, 1.82) is 0 Å². The molecule has 0 aliphatic carbocycles. The molecule has 0 unspecified atom stereocenters. The van der Waals surface area contributed by atoms with Crippen LogP contribution in [-0.4, -0.2) is 22.5 Å². The molecular formula is C23H29N3O2S. The van der Waals surface area contributed by atoms with Crippen molar-refractivity contribution in [3.05, 3.63) is 57.0 Å². The van der Waals surface area contributed by atoms with E-state index in [1.807, 2.05) is 38.1 Å². The van der Waals surface area contributed by atoms with Crippen LogP contribution in [0.2, 0.25) is 0 Å². The largest absolute Gasteiger partial charge is 0.494 e. The smallest absolute Gasteiger partial charge is 0.282 e. The molecule has 0 fully saturated rings. The van der Waals surface area contributed by atoms with Crippen molar-refractivity contribution in [2.45, 2.75) is 59.3 Å². The fraction of sp³-hybridized carbons (Fsp3) is 0.435. The summed E-state index contributed by atoms with van der Waals surface area (Å²) in [5.41, 5.74) is 1.76. The van der Waals surface area contributed by atoms with E-state index < -0.39 is 0 Å². The number of rotatable bonds is 10. The van der Waals surface area contributed by atoms with E-state index in [1.54, 1.807) is 17.6 Å². The summed E-state index contributed by atoms with van der Waals surface area (Å²) >= 11 is 1.54. The highest BCUT2D eigenvalue weighted by Crippen LogP contribution is 2.25. The van der Waals surface area contributed by atoms with Gasteiger partial charge >= 0.3 is 0 Å². The maximum atomic E-state index is 12.7. The van der Waals surface area contributed by atoms with Crippen LogP contribution in [0.4, 0.5) is 0 Å².